The van der Waals surface area contributed by atoms with Gasteiger partial charge in [0.2, 0.25) is 0 Å². The SMILES string of the molecule is CC1=CC(C(=O)O)(S(=O)(=O)O)OC1=O. The Bertz CT molecular complexity index is 431. The number of hydrogen-bond acceptors (Lipinski definition) is 5. The molecule has 1 heterocycles. The number of cyclic esters (lactones) is 1. The third-order valence-corrected chi connectivity index (χ3v) is 2.80. The summed E-state index contributed by atoms with van der Waals surface area (Å²) in [6, 6.07) is 0. The predicted molar refractivity (Wildman–Crippen MR) is 41.8 cm³/mol. The molecule has 0 aromatic carbocycles. The average molecular weight is 222 g/mol. The fraction of sp³-hybridized carbons (Fsp3) is 0.333. The summed E-state index contributed by atoms with van der Waals surface area (Å²) in [6.45, 7) is 1.18. The van der Waals surface area contributed by atoms with Crippen LogP contribution in [0.4, 0.5) is 0 Å². The maximum absolute atomic E-state index is 10.8. The lowest BCUT2D eigenvalue weighted by molar-refractivity contribution is -0.159. The van der Waals surface area contributed by atoms with Gasteiger partial charge in [0.15, 0.2) is 0 Å². The Labute approximate surface area is 78.7 Å². The molecule has 7 nitrogen and oxygen atoms in total. The van der Waals surface area contributed by atoms with Crippen LogP contribution in [0.15, 0.2) is 11.6 Å². The van der Waals surface area contributed by atoms with E-state index in [0.29, 0.717) is 6.08 Å². The van der Waals surface area contributed by atoms with Crippen LogP contribution < -0.4 is 0 Å². The number of aliphatic carboxylic acids is 1. The average Bonchev–Trinajstić information content (AvgIpc) is 2.28. The van der Waals surface area contributed by atoms with Gasteiger partial charge in [-0.05, 0) is 13.0 Å². The number of carboxylic acids is 1. The van der Waals surface area contributed by atoms with E-state index in [1.807, 2.05) is 0 Å². The minimum absolute atomic E-state index is 0.190. The maximum Gasteiger partial charge on any atom is 0.371 e. The summed E-state index contributed by atoms with van der Waals surface area (Å²) in [4.78, 5) is 18.4. The van der Waals surface area contributed by atoms with Crippen molar-refractivity contribution in [3.63, 3.8) is 0 Å². The van der Waals surface area contributed by atoms with Gasteiger partial charge in [-0.15, -0.1) is 0 Å². The van der Waals surface area contributed by atoms with Crippen molar-refractivity contribution in [3.8, 4) is 0 Å². The minimum atomic E-state index is -5.05. The molecule has 0 saturated carbocycles. The summed E-state index contributed by atoms with van der Waals surface area (Å²) in [5, 5.41) is 8.57. The van der Waals surface area contributed by atoms with E-state index in [0.717, 1.165) is 0 Å². The van der Waals surface area contributed by atoms with Crippen LogP contribution in [0.3, 0.4) is 0 Å². The van der Waals surface area contributed by atoms with E-state index in [9.17, 15) is 18.0 Å². The van der Waals surface area contributed by atoms with Crippen molar-refractivity contribution in [1.82, 2.24) is 0 Å². The fourth-order valence-electron chi connectivity index (χ4n) is 0.934. The van der Waals surface area contributed by atoms with Crippen LogP contribution in [0.5, 0.6) is 0 Å². The van der Waals surface area contributed by atoms with Crippen molar-refractivity contribution in [2.24, 2.45) is 0 Å². The van der Waals surface area contributed by atoms with E-state index < -0.39 is 27.0 Å². The van der Waals surface area contributed by atoms with Crippen LogP contribution in [0.25, 0.3) is 0 Å². The molecule has 0 saturated heterocycles. The van der Waals surface area contributed by atoms with Crippen molar-refractivity contribution in [1.29, 1.82) is 0 Å². The molecular formula is C6H6O7S. The minimum Gasteiger partial charge on any atom is -0.477 e. The molecule has 0 amide bonds. The van der Waals surface area contributed by atoms with Gasteiger partial charge in [-0.2, -0.15) is 8.42 Å². The van der Waals surface area contributed by atoms with Gasteiger partial charge in [0.1, 0.15) is 0 Å². The van der Waals surface area contributed by atoms with Crippen LogP contribution >= 0.6 is 0 Å². The first-order chi connectivity index (χ1) is 6.21. The molecule has 1 unspecified atom stereocenters. The summed E-state index contributed by atoms with van der Waals surface area (Å²) < 4.78 is 34.2. The number of esters is 1. The van der Waals surface area contributed by atoms with Crippen LogP contribution in [0.2, 0.25) is 0 Å². The molecule has 1 atom stereocenters. The zero-order chi connectivity index (χ0) is 11.1. The highest BCUT2D eigenvalue weighted by molar-refractivity contribution is 7.88. The third kappa shape index (κ3) is 1.28. The molecule has 0 aromatic rings. The second kappa shape index (κ2) is 2.79. The Kier molecular flexibility index (Phi) is 2.13. The number of carboxylic acid groups (broad SMARTS) is 1. The standard InChI is InChI=1S/C6H6O7S/c1-3-2-6(5(8)9,13-4(3)7)14(10,11)12/h2H,1H3,(H,8,9)(H,10,11,12). The highest BCUT2D eigenvalue weighted by Gasteiger charge is 2.57. The third-order valence-electron chi connectivity index (χ3n) is 1.65. The number of ether oxygens (including phenoxy) is 1. The lowest BCUT2D eigenvalue weighted by Gasteiger charge is -2.16. The van der Waals surface area contributed by atoms with E-state index in [1.54, 1.807) is 0 Å². The number of hydrogen-bond donors (Lipinski definition) is 2. The molecule has 14 heavy (non-hydrogen) atoms. The van der Waals surface area contributed by atoms with E-state index in [2.05, 4.69) is 4.74 Å². The summed E-state index contributed by atoms with van der Waals surface area (Å²) in [5.41, 5.74) is -0.190. The second-order valence-electron chi connectivity index (χ2n) is 2.66. The summed E-state index contributed by atoms with van der Waals surface area (Å²) in [7, 11) is -5.05. The summed E-state index contributed by atoms with van der Waals surface area (Å²) >= 11 is 0. The first-order valence-electron chi connectivity index (χ1n) is 3.34. The quantitative estimate of drug-likeness (QED) is 0.461. The molecule has 0 bridgehead atoms. The van der Waals surface area contributed by atoms with Crippen molar-refractivity contribution in [3.05, 3.63) is 11.6 Å². The number of carbonyl (C=O) groups is 2. The Morgan fingerprint density at radius 2 is 2.07 bits per heavy atom. The van der Waals surface area contributed by atoms with Crippen LogP contribution in [0, 0.1) is 0 Å². The van der Waals surface area contributed by atoms with E-state index in [4.69, 9.17) is 9.66 Å². The van der Waals surface area contributed by atoms with Gasteiger partial charge in [0.25, 0.3) is 0 Å². The maximum atomic E-state index is 10.8. The normalized spacial score (nSPS) is 27.0. The highest BCUT2D eigenvalue weighted by atomic mass is 32.2. The van der Waals surface area contributed by atoms with Crippen molar-refractivity contribution >= 4 is 22.1 Å². The van der Waals surface area contributed by atoms with Gasteiger partial charge in [-0.1, -0.05) is 0 Å². The molecule has 78 valence electrons. The van der Waals surface area contributed by atoms with Crippen LogP contribution in [0.1, 0.15) is 6.92 Å². The first kappa shape index (κ1) is 10.7. The molecule has 0 fully saturated rings. The van der Waals surface area contributed by atoms with Gasteiger partial charge >= 0.3 is 27.0 Å². The predicted octanol–water partition coefficient (Wildman–Crippen LogP) is -0.842. The van der Waals surface area contributed by atoms with Gasteiger partial charge in [0.05, 0.1) is 0 Å². The molecule has 8 heteroatoms. The summed E-state index contributed by atoms with van der Waals surface area (Å²) in [6.07, 6.45) is 0.549. The Hall–Kier alpha value is -1.41. The van der Waals surface area contributed by atoms with Crippen molar-refractivity contribution < 1.29 is 32.4 Å². The first-order valence-corrected chi connectivity index (χ1v) is 4.78. The van der Waals surface area contributed by atoms with Gasteiger partial charge < -0.3 is 9.84 Å². The van der Waals surface area contributed by atoms with Crippen molar-refractivity contribution in [2.75, 3.05) is 0 Å². The highest BCUT2D eigenvalue weighted by Crippen LogP contribution is 2.29. The smallest absolute Gasteiger partial charge is 0.371 e. The Morgan fingerprint density at radius 1 is 1.57 bits per heavy atom. The topological polar surface area (TPSA) is 118 Å². The fourth-order valence-corrected chi connectivity index (χ4v) is 1.66. The lowest BCUT2D eigenvalue weighted by Crippen LogP contribution is -2.45. The van der Waals surface area contributed by atoms with E-state index in [1.165, 1.54) is 6.92 Å². The molecule has 0 spiro atoms. The molecular weight excluding hydrogens is 216 g/mol. The molecule has 0 radical (unpaired) electrons. The molecule has 1 aliphatic heterocycles. The lowest BCUT2D eigenvalue weighted by atomic mass is 10.2. The zero-order valence-electron chi connectivity index (χ0n) is 6.92. The zero-order valence-corrected chi connectivity index (χ0v) is 7.74. The molecule has 1 rings (SSSR count). The van der Waals surface area contributed by atoms with Crippen LogP contribution in [-0.4, -0.2) is 34.9 Å². The second-order valence-corrected chi connectivity index (χ2v) is 4.22. The van der Waals surface area contributed by atoms with Crippen molar-refractivity contribution in [2.45, 2.75) is 11.9 Å². The van der Waals surface area contributed by atoms with Crippen LogP contribution in [-0.2, 0) is 24.4 Å². The van der Waals surface area contributed by atoms with E-state index >= 15 is 0 Å². The monoisotopic (exact) mass is 222 g/mol. The number of carbonyl (C=O) groups excluding carboxylic acids is 1. The number of rotatable bonds is 2. The largest absolute Gasteiger partial charge is 0.477 e. The Morgan fingerprint density at radius 3 is 2.21 bits per heavy atom. The van der Waals surface area contributed by atoms with E-state index in [-0.39, 0.29) is 5.57 Å². The van der Waals surface area contributed by atoms with Gasteiger partial charge in [0, 0.05) is 5.57 Å². The molecule has 2 N–H and O–H groups in total. The molecule has 1 aliphatic rings. The van der Waals surface area contributed by atoms with Gasteiger partial charge in [-0.25, -0.2) is 9.59 Å². The van der Waals surface area contributed by atoms with Gasteiger partial charge in [-0.3, -0.25) is 4.55 Å². The summed E-state index contributed by atoms with van der Waals surface area (Å²) in [5.74, 6) is -3.06. The Balaban J connectivity index is 3.40. The molecule has 0 aromatic heterocycles. The molecule has 0 aliphatic carbocycles.